The van der Waals surface area contributed by atoms with Gasteiger partial charge in [-0.1, -0.05) is 0 Å². The Hall–Kier alpha value is -0.353. The van der Waals surface area contributed by atoms with Gasteiger partial charge in [-0.05, 0) is 13.0 Å². The summed E-state index contributed by atoms with van der Waals surface area (Å²) >= 11 is 0. The Kier molecular flexibility index (Phi) is 2.24. The van der Waals surface area contributed by atoms with E-state index in [2.05, 4.69) is 5.32 Å². The van der Waals surface area contributed by atoms with Crippen LogP contribution in [0.1, 0.15) is 6.42 Å². The summed E-state index contributed by atoms with van der Waals surface area (Å²) < 4.78 is 4.69. The van der Waals surface area contributed by atoms with Crippen molar-refractivity contribution in [2.75, 3.05) is 13.1 Å². The van der Waals surface area contributed by atoms with Crippen LogP contribution in [0.25, 0.3) is 0 Å². The first-order valence-electron chi connectivity index (χ1n) is 3.13. The maximum Gasteiger partial charge on any atom is 0.296 e. The van der Waals surface area contributed by atoms with Crippen LogP contribution in [0.15, 0.2) is 0 Å². The Balaban J connectivity index is 2.32. The summed E-state index contributed by atoms with van der Waals surface area (Å²) in [6.45, 7) is 1.77. The molecule has 0 aromatic rings. The largest absolute Gasteiger partial charge is 0.528 e. The molecule has 0 spiro atoms. The van der Waals surface area contributed by atoms with E-state index in [1.807, 2.05) is 0 Å². The zero-order chi connectivity index (χ0) is 6.69. The normalized spacial score (nSPS) is 26.4. The summed E-state index contributed by atoms with van der Waals surface area (Å²) in [7, 11) is 0.530. The Morgan fingerprint density at radius 2 is 2.56 bits per heavy atom. The molecule has 1 unspecified atom stereocenters. The molecule has 0 amide bonds. The fourth-order valence-corrected chi connectivity index (χ4v) is 1.36. The second-order valence-electron chi connectivity index (χ2n) is 2.21. The lowest BCUT2D eigenvalue weighted by Crippen LogP contribution is -2.19. The molecule has 1 heterocycles. The van der Waals surface area contributed by atoms with Gasteiger partial charge in [-0.15, -0.1) is 0 Å². The quantitative estimate of drug-likeness (QED) is 0.453. The minimum atomic E-state index is -0.0216. The average molecular weight is 145 g/mol. The van der Waals surface area contributed by atoms with E-state index >= 15 is 0 Å². The van der Waals surface area contributed by atoms with Crippen LogP contribution >= 0.6 is 0 Å². The standard InChI is InChI=1S/C5H11NO2Si/c7-5(8-9)4-1-2-6-3-4/h4,6H,1-3H2,9H3. The van der Waals surface area contributed by atoms with E-state index in [-0.39, 0.29) is 11.9 Å². The molecule has 0 bridgehead atoms. The van der Waals surface area contributed by atoms with Crippen molar-refractivity contribution >= 4 is 16.5 Å². The number of carbonyl (C=O) groups is 1. The summed E-state index contributed by atoms with van der Waals surface area (Å²) in [4.78, 5) is 10.8. The lowest BCUT2D eigenvalue weighted by molar-refractivity contribution is -0.137. The lowest BCUT2D eigenvalue weighted by atomic mass is 10.1. The predicted octanol–water partition coefficient (Wildman–Crippen LogP) is -1.58. The fourth-order valence-electron chi connectivity index (χ4n) is 1.02. The van der Waals surface area contributed by atoms with E-state index in [1.165, 1.54) is 0 Å². The van der Waals surface area contributed by atoms with E-state index in [1.54, 1.807) is 0 Å². The molecule has 1 aliphatic rings. The first-order valence-corrected chi connectivity index (χ1v) is 3.95. The summed E-state index contributed by atoms with van der Waals surface area (Å²) in [6, 6.07) is 0. The highest BCUT2D eigenvalue weighted by Crippen LogP contribution is 2.07. The molecule has 0 saturated carbocycles. The minimum absolute atomic E-state index is 0.0216. The molecule has 1 saturated heterocycles. The van der Waals surface area contributed by atoms with Crippen molar-refractivity contribution in [2.45, 2.75) is 6.42 Å². The number of nitrogens with one attached hydrogen (secondary N) is 1. The molecule has 1 fully saturated rings. The molecule has 0 aromatic carbocycles. The highest BCUT2D eigenvalue weighted by atomic mass is 28.2. The van der Waals surface area contributed by atoms with Crippen molar-refractivity contribution in [2.24, 2.45) is 5.92 Å². The molecule has 4 heteroatoms. The monoisotopic (exact) mass is 145 g/mol. The Morgan fingerprint density at radius 3 is 3.00 bits per heavy atom. The van der Waals surface area contributed by atoms with Crippen molar-refractivity contribution in [3.63, 3.8) is 0 Å². The van der Waals surface area contributed by atoms with Crippen LogP contribution < -0.4 is 5.32 Å². The minimum Gasteiger partial charge on any atom is -0.528 e. The highest BCUT2D eigenvalue weighted by molar-refractivity contribution is 6.05. The highest BCUT2D eigenvalue weighted by Gasteiger charge is 2.21. The molecule has 0 aromatic heterocycles. The van der Waals surface area contributed by atoms with Crippen molar-refractivity contribution in [3.8, 4) is 0 Å². The van der Waals surface area contributed by atoms with Gasteiger partial charge in [0.1, 0.15) is 0 Å². The van der Waals surface area contributed by atoms with Crippen LogP contribution in [0, 0.1) is 5.92 Å². The van der Waals surface area contributed by atoms with E-state index < -0.39 is 0 Å². The SMILES string of the molecule is O=C(O[SiH3])C1CCNC1. The lowest BCUT2D eigenvalue weighted by Gasteiger charge is -2.03. The molecule has 1 atom stereocenters. The van der Waals surface area contributed by atoms with Crippen molar-refractivity contribution in [3.05, 3.63) is 0 Å². The molecule has 9 heavy (non-hydrogen) atoms. The molecule has 0 radical (unpaired) electrons. The maximum atomic E-state index is 10.8. The summed E-state index contributed by atoms with van der Waals surface area (Å²) in [5, 5.41) is 3.10. The smallest absolute Gasteiger partial charge is 0.296 e. The second kappa shape index (κ2) is 2.98. The fraction of sp³-hybridized carbons (Fsp3) is 0.800. The topological polar surface area (TPSA) is 38.3 Å². The molecule has 52 valence electrons. The van der Waals surface area contributed by atoms with Crippen LogP contribution in [0.2, 0.25) is 0 Å². The van der Waals surface area contributed by atoms with E-state index in [0.717, 1.165) is 19.5 Å². The molecular weight excluding hydrogens is 134 g/mol. The van der Waals surface area contributed by atoms with Crippen LogP contribution in [-0.4, -0.2) is 29.5 Å². The van der Waals surface area contributed by atoms with Gasteiger partial charge in [-0.25, -0.2) is 0 Å². The second-order valence-corrected chi connectivity index (χ2v) is 2.62. The van der Waals surface area contributed by atoms with Gasteiger partial charge in [-0.3, -0.25) is 4.79 Å². The number of carbonyl (C=O) groups excluding carboxylic acids is 1. The van der Waals surface area contributed by atoms with Crippen molar-refractivity contribution < 1.29 is 9.22 Å². The Bertz CT molecular complexity index is 112. The number of hydrogen-bond acceptors (Lipinski definition) is 3. The van der Waals surface area contributed by atoms with Gasteiger partial charge >= 0.3 is 0 Å². The molecule has 1 rings (SSSR count). The average Bonchev–Trinajstić information content (AvgIpc) is 2.37. The van der Waals surface area contributed by atoms with Gasteiger partial charge < -0.3 is 9.74 Å². The third-order valence-corrected chi connectivity index (χ3v) is 2.00. The van der Waals surface area contributed by atoms with E-state index in [4.69, 9.17) is 4.43 Å². The summed E-state index contributed by atoms with van der Waals surface area (Å²) in [5.74, 6) is 0.120. The van der Waals surface area contributed by atoms with Gasteiger partial charge in [0, 0.05) is 6.54 Å². The number of rotatable bonds is 1. The van der Waals surface area contributed by atoms with E-state index in [0.29, 0.717) is 10.5 Å². The first-order chi connectivity index (χ1) is 4.34. The van der Waals surface area contributed by atoms with Gasteiger partial charge in [-0.2, -0.15) is 0 Å². The Morgan fingerprint density at radius 1 is 1.78 bits per heavy atom. The third kappa shape index (κ3) is 1.52. The molecule has 3 nitrogen and oxygen atoms in total. The molecular formula is C5H11NO2Si. The van der Waals surface area contributed by atoms with Crippen LogP contribution in [0.5, 0.6) is 0 Å². The van der Waals surface area contributed by atoms with Crippen LogP contribution in [0.3, 0.4) is 0 Å². The van der Waals surface area contributed by atoms with Crippen LogP contribution in [0.4, 0.5) is 0 Å². The zero-order valence-electron chi connectivity index (χ0n) is 5.52. The molecule has 0 aliphatic carbocycles. The summed E-state index contributed by atoms with van der Waals surface area (Å²) in [6.07, 6.45) is 0.946. The first kappa shape index (κ1) is 6.76. The molecule has 1 N–H and O–H groups in total. The Labute approximate surface area is 57.3 Å². The van der Waals surface area contributed by atoms with Crippen molar-refractivity contribution in [1.29, 1.82) is 0 Å². The summed E-state index contributed by atoms with van der Waals surface area (Å²) in [5.41, 5.74) is 0. The van der Waals surface area contributed by atoms with Gasteiger partial charge in [0.25, 0.3) is 5.97 Å². The maximum absolute atomic E-state index is 10.8. The van der Waals surface area contributed by atoms with Crippen LogP contribution in [-0.2, 0) is 9.22 Å². The van der Waals surface area contributed by atoms with Crippen molar-refractivity contribution in [1.82, 2.24) is 5.32 Å². The zero-order valence-corrected chi connectivity index (χ0v) is 7.52. The third-order valence-electron chi connectivity index (χ3n) is 1.59. The number of hydrogen-bond donors (Lipinski definition) is 1. The van der Waals surface area contributed by atoms with Gasteiger partial charge in [0.2, 0.25) is 10.5 Å². The predicted molar refractivity (Wildman–Crippen MR) is 37.0 cm³/mol. The van der Waals surface area contributed by atoms with E-state index in [9.17, 15) is 4.79 Å². The molecule has 1 aliphatic heterocycles. The van der Waals surface area contributed by atoms with Gasteiger partial charge in [0.15, 0.2) is 0 Å². The van der Waals surface area contributed by atoms with Gasteiger partial charge in [0.05, 0.1) is 5.92 Å².